The number of nitrogens with two attached hydrogens (primary N) is 1. The van der Waals surface area contributed by atoms with Crippen molar-refractivity contribution >= 4 is 22.3 Å². The zero-order chi connectivity index (χ0) is 12.3. The Hall–Kier alpha value is -2.23. The molecule has 1 aromatic carbocycles. The summed E-state index contributed by atoms with van der Waals surface area (Å²) in [5.41, 5.74) is 7.65. The van der Waals surface area contributed by atoms with Gasteiger partial charge in [0.2, 0.25) is 0 Å². The van der Waals surface area contributed by atoms with E-state index >= 15 is 0 Å². The topological polar surface area (TPSA) is 63.0 Å². The molecular weight excluding hydrogens is 212 g/mol. The van der Waals surface area contributed by atoms with Gasteiger partial charge in [-0.25, -0.2) is 4.98 Å². The van der Waals surface area contributed by atoms with Crippen LogP contribution in [-0.2, 0) is 0 Å². The predicted octanol–water partition coefficient (Wildman–Crippen LogP) is 1.75. The molecule has 17 heavy (non-hydrogen) atoms. The number of nitrogens with zero attached hydrogens (tertiary/aromatic N) is 1. The van der Waals surface area contributed by atoms with Crippen LogP contribution < -0.4 is 16.4 Å². The summed E-state index contributed by atoms with van der Waals surface area (Å²) in [7, 11) is 3.68. The van der Waals surface area contributed by atoms with Gasteiger partial charge in [0.05, 0.1) is 5.70 Å². The summed E-state index contributed by atoms with van der Waals surface area (Å²) in [6.45, 7) is 0. The predicted molar refractivity (Wildman–Crippen MR) is 72.5 cm³/mol. The van der Waals surface area contributed by atoms with Crippen molar-refractivity contribution in [2.45, 2.75) is 0 Å². The van der Waals surface area contributed by atoms with Crippen molar-refractivity contribution < 1.29 is 0 Å². The van der Waals surface area contributed by atoms with Crippen LogP contribution in [0.4, 0.5) is 5.82 Å². The Morgan fingerprint density at radius 3 is 2.76 bits per heavy atom. The van der Waals surface area contributed by atoms with Gasteiger partial charge < -0.3 is 16.4 Å². The molecular formula is C13H16N4. The number of aromatic nitrogens is 1. The van der Waals surface area contributed by atoms with Gasteiger partial charge in [-0.3, -0.25) is 0 Å². The zero-order valence-electron chi connectivity index (χ0n) is 9.99. The standard InChI is InChI=1S/C13H16N4/c1-15-8-12(14)9-3-4-10-7-17-13(16-2)6-11(10)5-9/h3-8,15H,14H2,1-2H3,(H,16,17)/b12-8-. The average molecular weight is 228 g/mol. The first-order valence-corrected chi connectivity index (χ1v) is 5.45. The Balaban J connectivity index is 2.51. The summed E-state index contributed by atoms with van der Waals surface area (Å²) in [4.78, 5) is 4.27. The van der Waals surface area contributed by atoms with E-state index in [1.54, 1.807) is 6.20 Å². The number of nitrogens with one attached hydrogen (secondary N) is 2. The molecule has 0 saturated heterocycles. The molecule has 0 radical (unpaired) electrons. The van der Waals surface area contributed by atoms with Gasteiger partial charge in [-0.1, -0.05) is 12.1 Å². The van der Waals surface area contributed by atoms with Crippen LogP contribution in [0.3, 0.4) is 0 Å². The minimum atomic E-state index is 0.720. The SMILES string of the molecule is CN/C=C(\N)c1ccc2cnc(NC)cc2c1. The van der Waals surface area contributed by atoms with Gasteiger partial charge in [0.1, 0.15) is 5.82 Å². The van der Waals surface area contributed by atoms with Gasteiger partial charge in [-0.2, -0.15) is 0 Å². The first kappa shape index (κ1) is 11.3. The minimum absolute atomic E-state index is 0.720. The normalized spacial score (nSPS) is 11.5. The molecule has 4 nitrogen and oxygen atoms in total. The van der Waals surface area contributed by atoms with Crippen molar-refractivity contribution in [3.05, 3.63) is 42.2 Å². The van der Waals surface area contributed by atoms with Crippen molar-refractivity contribution in [2.75, 3.05) is 19.4 Å². The molecule has 4 heteroatoms. The lowest BCUT2D eigenvalue weighted by molar-refractivity contribution is 1.10. The van der Waals surface area contributed by atoms with Crippen molar-refractivity contribution in [3.8, 4) is 0 Å². The molecule has 0 fully saturated rings. The summed E-state index contributed by atoms with van der Waals surface area (Å²) in [5, 5.41) is 8.17. The monoisotopic (exact) mass is 228 g/mol. The second-order valence-electron chi connectivity index (χ2n) is 3.77. The number of hydrogen-bond donors (Lipinski definition) is 3. The van der Waals surface area contributed by atoms with Gasteiger partial charge in [-0.05, 0) is 23.1 Å². The Bertz CT molecular complexity index is 560. The fourth-order valence-electron chi connectivity index (χ4n) is 1.70. The third kappa shape index (κ3) is 2.30. The summed E-state index contributed by atoms with van der Waals surface area (Å²) in [6.07, 6.45) is 3.63. The van der Waals surface area contributed by atoms with Gasteiger partial charge in [0.15, 0.2) is 0 Å². The highest BCUT2D eigenvalue weighted by molar-refractivity contribution is 5.87. The summed E-state index contributed by atoms with van der Waals surface area (Å²) >= 11 is 0. The van der Waals surface area contributed by atoms with Crippen molar-refractivity contribution in [1.82, 2.24) is 10.3 Å². The lowest BCUT2D eigenvalue weighted by atomic mass is 10.1. The van der Waals surface area contributed by atoms with E-state index in [0.29, 0.717) is 0 Å². The molecule has 88 valence electrons. The molecule has 0 bridgehead atoms. The molecule has 0 aliphatic carbocycles. The maximum Gasteiger partial charge on any atom is 0.126 e. The second-order valence-corrected chi connectivity index (χ2v) is 3.77. The summed E-state index contributed by atoms with van der Waals surface area (Å²) in [5.74, 6) is 0.853. The van der Waals surface area contributed by atoms with Crippen LogP contribution in [0.5, 0.6) is 0 Å². The molecule has 0 aliphatic heterocycles. The highest BCUT2D eigenvalue weighted by Gasteiger charge is 2.00. The quantitative estimate of drug-likeness (QED) is 0.749. The molecule has 1 heterocycles. The molecule has 4 N–H and O–H groups in total. The average Bonchev–Trinajstić information content (AvgIpc) is 2.37. The smallest absolute Gasteiger partial charge is 0.126 e. The number of fused-ring (bicyclic) bond motifs is 1. The fourth-order valence-corrected chi connectivity index (χ4v) is 1.70. The van der Waals surface area contributed by atoms with Crippen LogP contribution in [0.25, 0.3) is 16.5 Å². The number of rotatable bonds is 3. The van der Waals surface area contributed by atoms with E-state index < -0.39 is 0 Å². The Morgan fingerprint density at radius 1 is 1.24 bits per heavy atom. The third-order valence-corrected chi connectivity index (χ3v) is 2.61. The highest BCUT2D eigenvalue weighted by Crippen LogP contribution is 2.20. The van der Waals surface area contributed by atoms with Crippen LogP contribution in [0, 0.1) is 0 Å². The van der Waals surface area contributed by atoms with E-state index in [0.717, 1.165) is 27.9 Å². The second kappa shape index (κ2) is 4.74. The number of anilines is 1. The van der Waals surface area contributed by atoms with Crippen molar-refractivity contribution in [2.24, 2.45) is 5.73 Å². The molecule has 0 amide bonds. The molecule has 0 aliphatic rings. The number of benzene rings is 1. The molecule has 0 spiro atoms. The van der Waals surface area contributed by atoms with Crippen LogP contribution in [-0.4, -0.2) is 19.1 Å². The molecule has 0 saturated carbocycles. The summed E-state index contributed by atoms with van der Waals surface area (Å²) in [6, 6.07) is 8.08. The fraction of sp³-hybridized carbons (Fsp3) is 0.154. The number of hydrogen-bond acceptors (Lipinski definition) is 4. The molecule has 2 rings (SSSR count). The molecule has 0 unspecified atom stereocenters. The van der Waals surface area contributed by atoms with E-state index in [4.69, 9.17) is 5.73 Å². The Kier molecular flexibility index (Phi) is 3.14. The largest absolute Gasteiger partial charge is 0.397 e. The Morgan fingerprint density at radius 2 is 2.06 bits per heavy atom. The highest BCUT2D eigenvalue weighted by atomic mass is 14.9. The molecule has 0 atom stereocenters. The van der Waals surface area contributed by atoms with Crippen LogP contribution in [0.2, 0.25) is 0 Å². The third-order valence-electron chi connectivity index (χ3n) is 2.61. The van der Waals surface area contributed by atoms with E-state index in [1.807, 2.05) is 38.5 Å². The Labute approximate surface area is 101 Å². The minimum Gasteiger partial charge on any atom is -0.397 e. The van der Waals surface area contributed by atoms with Crippen LogP contribution in [0.1, 0.15) is 5.56 Å². The van der Waals surface area contributed by atoms with Crippen molar-refractivity contribution in [1.29, 1.82) is 0 Å². The van der Waals surface area contributed by atoms with E-state index in [-0.39, 0.29) is 0 Å². The van der Waals surface area contributed by atoms with E-state index in [1.165, 1.54) is 0 Å². The van der Waals surface area contributed by atoms with Gasteiger partial charge in [0.25, 0.3) is 0 Å². The van der Waals surface area contributed by atoms with Crippen LogP contribution >= 0.6 is 0 Å². The van der Waals surface area contributed by atoms with Gasteiger partial charge in [-0.15, -0.1) is 0 Å². The lowest BCUT2D eigenvalue weighted by Crippen LogP contribution is -2.03. The maximum atomic E-state index is 5.93. The molecule has 1 aromatic heterocycles. The van der Waals surface area contributed by atoms with E-state index in [9.17, 15) is 0 Å². The van der Waals surface area contributed by atoms with Gasteiger partial charge in [0, 0.05) is 31.9 Å². The molecule has 2 aromatic rings. The summed E-state index contributed by atoms with van der Waals surface area (Å²) < 4.78 is 0. The number of pyridine rings is 1. The van der Waals surface area contributed by atoms with Crippen LogP contribution in [0.15, 0.2) is 36.7 Å². The van der Waals surface area contributed by atoms with Gasteiger partial charge >= 0.3 is 0 Å². The zero-order valence-corrected chi connectivity index (χ0v) is 9.99. The maximum absolute atomic E-state index is 5.93. The lowest BCUT2D eigenvalue weighted by Gasteiger charge is -2.06. The van der Waals surface area contributed by atoms with E-state index in [2.05, 4.69) is 21.7 Å². The first-order chi connectivity index (χ1) is 8.24. The first-order valence-electron chi connectivity index (χ1n) is 5.45. The van der Waals surface area contributed by atoms with Crippen molar-refractivity contribution in [3.63, 3.8) is 0 Å².